The summed E-state index contributed by atoms with van der Waals surface area (Å²) in [6.07, 6.45) is 5.77. The molecule has 2 fully saturated rings. The number of likely N-dealkylation sites (N-methyl/N-ethyl adjacent to an activating group) is 2. The summed E-state index contributed by atoms with van der Waals surface area (Å²) < 4.78 is 13.0. The average Bonchev–Trinajstić information content (AvgIpc) is 3.42. The predicted molar refractivity (Wildman–Crippen MR) is 165 cm³/mol. The van der Waals surface area contributed by atoms with E-state index in [1.54, 1.807) is 0 Å². The van der Waals surface area contributed by atoms with Gasteiger partial charge < -0.3 is 34.0 Å². The summed E-state index contributed by atoms with van der Waals surface area (Å²) in [6, 6.07) is 7.35. The molecular formula is C33H44N6O3. The number of hydrogen-bond acceptors (Lipinski definition) is 8. The normalized spacial score (nSPS) is 25.7. The van der Waals surface area contributed by atoms with E-state index in [-0.39, 0.29) is 18.0 Å². The van der Waals surface area contributed by atoms with Crippen molar-refractivity contribution in [1.29, 1.82) is 0 Å². The summed E-state index contributed by atoms with van der Waals surface area (Å²) in [4.78, 5) is 29.6. The SMILES string of the molecule is C=CC(=O)N1C[C@@H]2COc3c(OC[C@@H]4CCCN4C)nc4c(c3N2C[C@H]1C)CCN(c1cccc2c1CN(C)CC2)C4. The maximum absolute atomic E-state index is 12.6. The van der Waals surface area contributed by atoms with Crippen molar-refractivity contribution in [3.05, 3.63) is 53.2 Å². The Labute approximate surface area is 249 Å². The predicted octanol–water partition coefficient (Wildman–Crippen LogP) is 3.09. The molecule has 3 atom stereocenters. The van der Waals surface area contributed by atoms with Gasteiger partial charge in [-0.1, -0.05) is 18.7 Å². The first-order chi connectivity index (χ1) is 20.4. The van der Waals surface area contributed by atoms with Crippen molar-refractivity contribution in [2.45, 2.75) is 63.8 Å². The fraction of sp³-hybridized carbons (Fsp3) is 0.576. The van der Waals surface area contributed by atoms with Crippen LogP contribution in [0.25, 0.3) is 0 Å². The quantitative estimate of drug-likeness (QED) is 0.507. The second kappa shape index (κ2) is 11.1. The molecule has 0 N–H and O–H groups in total. The van der Waals surface area contributed by atoms with E-state index < -0.39 is 0 Å². The van der Waals surface area contributed by atoms with Gasteiger partial charge in [0, 0.05) is 56.1 Å². The average molecular weight is 573 g/mol. The highest BCUT2D eigenvalue weighted by molar-refractivity contribution is 5.87. The lowest BCUT2D eigenvalue weighted by atomic mass is 9.94. The number of aromatic nitrogens is 1. The summed E-state index contributed by atoms with van der Waals surface area (Å²) in [5.74, 6) is 1.40. The monoisotopic (exact) mass is 572 g/mol. The third-order valence-corrected chi connectivity index (χ3v) is 10.1. The van der Waals surface area contributed by atoms with Gasteiger partial charge in [-0.05, 0) is 76.5 Å². The van der Waals surface area contributed by atoms with Crippen LogP contribution in [0, 0.1) is 0 Å². The van der Waals surface area contributed by atoms with E-state index in [9.17, 15) is 4.79 Å². The zero-order chi connectivity index (χ0) is 29.0. The number of nitrogens with zero attached hydrogens (tertiary/aromatic N) is 6. The molecule has 7 rings (SSSR count). The molecule has 0 saturated carbocycles. The first-order valence-electron chi connectivity index (χ1n) is 15.7. The fourth-order valence-corrected chi connectivity index (χ4v) is 7.67. The molecule has 0 radical (unpaired) electrons. The lowest BCUT2D eigenvalue weighted by Gasteiger charge is -2.49. The van der Waals surface area contributed by atoms with Gasteiger partial charge >= 0.3 is 0 Å². The highest BCUT2D eigenvalue weighted by atomic mass is 16.5. The van der Waals surface area contributed by atoms with Gasteiger partial charge in [-0.15, -0.1) is 0 Å². The summed E-state index contributed by atoms with van der Waals surface area (Å²) in [5, 5.41) is 0. The summed E-state index contributed by atoms with van der Waals surface area (Å²) in [7, 11) is 4.39. The van der Waals surface area contributed by atoms with E-state index in [0.717, 1.165) is 75.7 Å². The molecule has 0 aliphatic carbocycles. The van der Waals surface area contributed by atoms with Gasteiger partial charge in [-0.3, -0.25) is 4.79 Å². The van der Waals surface area contributed by atoms with E-state index in [0.29, 0.717) is 31.7 Å². The molecule has 6 heterocycles. The number of anilines is 2. The first-order valence-corrected chi connectivity index (χ1v) is 15.7. The molecule has 224 valence electrons. The third-order valence-electron chi connectivity index (χ3n) is 10.1. The molecule has 9 heteroatoms. The van der Waals surface area contributed by atoms with Crippen LogP contribution in [0.2, 0.25) is 0 Å². The highest BCUT2D eigenvalue weighted by Crippen LogP contribution is 2.47. The fourth-order valence-electron chi connectivity index (χ4n) is 7.67. The second-order valence-corrected chi connectivity index (χ2v) is 12.8. The first kappa shape index (κ1) is 27.5. The van der Waals surface area contributed by atoms with Crippen molar-refractivity contribution in [1.82, 2.24) is 19.7 Å². The zero-order valence-corrected chi connectivity index (χ0v) is 25.3. The minimum absolute atomic E-state index is 0.0121. The van der Waals surface area contributed by atoms with E-state index in [1.165, 1.54) is 34.9 Å². The van der Waals surface area contributed by atoms with Crippen LogP contribution in [-0.2, 0) is 30.7 Å². The van der Waals surface area contributed by atoms with Crippen LogP contribution >= 0.6 is 0 Å². The van der Waals surface area contributed by atoms with Crippen molar-refractivity contribution in [2.24, 2.45) is 0 Å². The van der Waals surface area contributed by atoms with Gasteiger partial charge in [0.05, 0.1) is 24.0 Å². The number of carbonyl (C=O) groups excluding carboxylic acids is 1. The van der Waals surface area contributed by atoms with Gasteiger partial charge in [0.2, 0.25) is 11.7 Å². The molecule has 9 nitrogen and oxygen atoms in total. The molecular weight excluding hydrogens is 528 g/mol. The van der Waals surface area contributed by atoms with Gasteiger partial charge in [0.15, 0.2) is 0 Å². The van der Waals surface area contributed by atoms with Crippen LogP contribution in [0.15, 0.2) is 30.9 Å². The number of likely N-dealkylation sites (tertiary alicyclic amines) is 1. The molecule has 0 bridgehead atoms. The second-order valence-electron chi connectivity index (χ2n) is 12.8. The molecule has 2 saturated heterocycles. The number of ether oxygens (including phenoxy) is 2. The van der Waals surface area contributed by atoms with Crippen LogP contribution in [0.3, 0.4) is 0 Å². The Kier molecular flexibility index (Phi) is 7.26. The Balaban J connectivity index is 1.25. The number of piperazine rings is 1. The van der Waals surface area contributed by atoms with Crippen LogP contribution < -0.4 is 19.3 Å². The third kappa shape index (κ3) is 4.80. The van der Waals surface area contributed by atoms with Crippen molar-refractivity contribution in [3.8, 4) is 11.6 Å². The van der Waals surface area contributed by atoms with Crippen LogP contribution in [-0.4, -0.2) is 104 Å². The Morgan fingerprint density at radius 3 is 2.83 bits per heavy atom. The van der Waals surface area contributed by atoms with E-state index in [2.05, 4.69) is 65.4 Å². The van der Waals surface area contributed by atoms with Gasteiger partial charge in [-0.2, -0.15) is 0 Å². The topological polar surface area (TPSA) is 64.6 Å². The Bertz CT molecular complexity index is 1380. The number of carbonyl (C=O) groups is 1. The summed E-state index contributed by atoms with van der Waals surface area (Å²) in [6.45, 7) is 13.2. The highest BCUT2D eigenvalue weighted by Gasteiger charge is 2.42. The lowest BCUT2D eigenvalue weighted by Crippen LogP contribution is -2.62. The Morgan fingerprint density at radius 1 is 1.14 bits per heavy atom. The largest absolute Gasteiger partial charge is 0.484 e. The van der Waals surface area contributed by atoms with E-state index in [4.69, 9.17) is 14.5 Å². The summed E-state index contributed by atoms with van der Waals surface area (Å²) in [5.41, 5.74) is 7.74. The molecule has 5 aliphatic heterocycles. The minimum atomic E-state index is -0.0121. The molecule has 0 unspecified atom stereocenters. The number of hydrogen-bond donors (Lipinski definition) is 0. The molecule has 1 aromatic heterocycles. The molecule has 42 heavy (non-hydrogen) atoms. The van der Waals surface area contributed by atoms with Gasteiger partial charge in [0.25, 0.3) is 5.88 Å². The number of rotatable bonds is 5. The maximum Gasteiger partial charge on any atom is 0.259 e. The molecule has 2 aromatic rings. The van der Waals surface area contributed by atoms with E-state index in [1.807, 2.05) is 4.90 Å². The summed E-state index contributed by atoms with van der Waals surface area (Å²) >= 11 is 0. The number of pyridine rings is 1. The van der Waals surface area contributed by atoms with Crippen molar-refractivity contribution >= 4 is 17.3 Å². The number of fused-ring (bicyclic) bond motifs is 6. The van der Waals surface area contributed by atoms with Crippen molar-refractivity contribution in [2.75, 3.05) is 69.8 Å². The smallest absolute Gasteiger partial charge is 0.259 e. The Hall–Kier alpha value is -3.30. The van der Waals surface area contributed by atoms with Crippen molar-refractivity contribution in [3.63, 3.8) is 0 Å². The number of amides is 1. The van der Waals surface area contributed by atoms with Gasteiger partial charge in [0.1, 0.15) is 13.2 Å². The minimum Gasteiger partial charge on any atom is -0.484 e. The van der Waals surface area contributed by atoms with Gasteiger partial charge in [-0.25, -0.2) is 4.98 Å². The van der Waals surface area contributed by atoms with Crippen molar-refractivity contribution < 1.29 is 14.3 Å². The van der Waals surface area contributed by atoms with Crippen LogP contribution in [0.1, 0.15) is 42.1 Å². The lowest BCUT2D eigenvalue weighted by molar-refractivity contribution is -0.129. The van der Waals surface area contributed by atoms with Crippen LogP contribution in [0.5, 0.6) is 11.6 Å². The molecule has 0 spiro atoms. The van der Waals surface area contributed by atoms with E-state index >= 15 is 0 Å². The van der Waals surface area contributed by atoms with Crippen LogP contribution in [0.4, 0.5) is 11.4 Å². The Morgan fingerprint density at radius 2 is 2.02 bits per heavy atom. The maximum atomic E-state index is 12.6. The molecule has 5 aliphatic rings. The standard InChI is InChI=1S/C33H44N6O3/c1-5-30(40)38-17-25-21-41-32-31(39(25)16-22(38)2)26-12-15-37(29-10-6-8-23-11-14-35(3)18-27(23)29)19-28(26)34-33(32)42-20-24-9-7-13-36(24)4/h5-6,8,10,22,24-25H,1,7,9,11-21H2,2-4H3/t22-,24+,25-/m1/s1. The molecule has 1 aromatic carbocycles. The number of benzene rings is 1. The zero-order valence-electron chi connectivity index (χ0n) is 25.3. The molecule has 1 amide bonds.